The first kappa shape index (κ1) is 11.9. The van der Waals surface area contributed by atoms with Crippen LogP contribution in [-0.4, -0.2) is 18.8 Å². The van der Waals surface area contributed by atoms with Gasteiger partial charge in [-0.15, -0.1) is 0 Å². The summed E-state index contributed by atoms with van der Waals surface area (Å²) in [7, 11) is 1.42. The van der Waals surface area contributed by atoms with Crippen LogP contribution in [0.4, 0.5) is 0 Å². The smallest absolute Gasteiger partial charge is 0.173 e. The van der Waals surface area contributed by atoms with Crippen molar-refractivity contribution in [3.05, 3.63) is 23.3 Å². The van der Waals surface area contributed by atoms with Crippen LogP contribution in [0.25, 0.3) is 0 Å². The lowest BCUT2D eigenvalue weighted by atomic mass is 10.1. The normalized spacial score (nSPS) is 8.81. The van der Waals surface area contributed by atoms with Crippen molar-refractivity contribution in [1.82, 2.24) is 0 Å². The summed E-state index contributed by atoms with van der Waals surface area (Å²) in [6.45, 7) is 0.461. The van der Waals surface area contributed by atoms with Crippen molar-refractivity contribution >= 4 is 0 Å². The number of rotatable bonds is 2. The molecule has 0 saturated carbocycles. The number of methoxy groups -OCH3 is 1. The van der Waals surface area contributed by atoms with E-state index >= 15 is 0 Å². The molecule has 0 bridgehead atoms. The molecule has 4 nitrogen and oxygen atoms in total. The maximum atomic E-state index is 9.74. The number of phenols is 1. The van der Waals surface area contributed by atoms with Crippen LogP contribution in [0.2, 0.25) is 0 Å². The van der Waals surface area contributed by atoms with Gasteiger partial charge in [-0.1, -0.05) is 11.8 Å². The third-order valence-corrected chi connectivity index (χ3v) is 1.92. The minimum Gasteiger partial charge on any atom is -0.503 e. The zero-order valence-electron chi connectivity index (χ0n) is 8.95. The summed E-state index contributed by atoms with van der Waals surface area (Å²) in [5, 5.41) is 18.5. The van der Waals surface area contributed by atoms with Gasteiger partial charge in [-0.05, 0) is 6.07 Å². The topological polar surface area (TPSA) is 79.3 Å². The van der Waals surface area contributed by atoms with Crippen molar-refractivity contribution in [2.45, 2.75) is 6.42 Å². The highest BCUT2D eigenvalue weighted by atomic mass is 16.5. The quantitative estimate of drug-likeness (QED) is 0.722. The van der Waals surface area contributed by atoms with Crippen molar-refractivity contribution in [3.8, 4) is 29.4 Å². The molecule has 0 aliphatic rings. The molecule has 0 atom stereocenters. The minimum absolute atomic E-state index is 0.0500. The molecular weight excluding hydrogens is 204 g/mol. The fourth-order valence-electron chi connectivity index (χ4n) is 1.15. The molecule has 0 aromatic heterocycles. The lowest BCUT2D eigenvalue weighted by molar-refractivity contribution is 0.372. The van der Waals surface area contributed by atoms with Crippen molar-refractivity contribution < 1.29 is 9.84 Å². The summed E-state index contributed by atoms with van der Waals surface area (Å²) >= 11 is 0. The van der Waals surface area contributed by atoms with E-state index in [4.69, 9.17) is 15.7 Å². The molecule has 0 amide bonds. The number of hydrogen-bond acceptors (Lipinski definition) is 4. The van der Waals surface area contributed by atoms with E-state index in [1.807, 2.05) is 6.07 Å². The van der Waals surface area contributed by atoms with Crippen molar-refractivity contribution in [1.29, 1.82) is 5.26 Å². The summed E-state index contributed by atoms with van der Waals surface area (Å²) in [6.07, 6.45) is 0.540. The van der Waals surface area contributed by atoms with Crippen LogP contribution in [0.5, 0.6) is 11.5 Å². The highest BCUT2D eigenvalue weighted by molar-refractivity contribution is 5.57. The predicted molar refractivity (Wildman–Crippen MR) is 59.9 cm³/mol. The van der Waals surface area contributed by atoms with Gasteiger partial charge in [0.25, 0.3) is 0 Å². The Morgan fingerprint density at radius 1 is 1.50 bits per heavy atom. The third-order valence-electron chi connectivity index (χ3n) is 1.92. The van der Waals surface area contributed by atoms with Gasteiger partial charge in [0, 0.05) is 19.0 Å². The molecule has 1 aromatic rings. The average molecular weight is 216 g/mol. The number of hydrogen-bond donors (Lipinski definition) is 2. The first-order valence-electron chi connectivity index (χ1n) is 4.73. The predicted octanol–water partition coefficient (Wildman–Crippen LogP) is 0.973. The number of benzene rings is 1. The highest BCUT2D eigenvalue weighted by Crippen LogP contribution is 2.30. The van der Waals surface area contributed by atoms with E-state index in [2.05, 4.69) is 11.8 Å². The average Bonchev–Trinajstić information content (AvgIpc) is 2.31. The van der Waals surface area contributed by atoms with Crippen molar-refractivity contribution in [2.75, 3.05) is 13.7 Å². The molecule has 1 rings (SSSR count). The van der Waals surface area contributed by atoms with Gasteiger partial charge in [-0.2, -0.15) is 5.26 Å². The standard InChI is InChI=1S/C12H12N2O2/c1-16-11-7-9(8-14)6-10(12(11)15)4-2-3-5-13/h6-7,15H,3,5,13H2,1H3. The number of nitrogens with two attached hydrogens (primary N) is 1. The largest absolute Gasteiger partial charge is 0.503 e. The Bertz CT molecular complexity index is 478. The molecule has 16 heavy (non-hydrogen) atoms. The molecule has 0 unspecified atom stereocenters. The lowest BCUT2D eigenvalue weighted by Gasteiger charge is -2.05. The third kappa shape index (κ3) is 2.66. The summed E-state index contributed by atoms with van der Waals surface area (Å²) in [6, 6.07) is 4.95. The van der Waals surface area contributed by atoms with Gasteiger partial charge in [0.2, 0.25) is 0 Å². The maximum absolute atomic E-state index is 9.74. The van der Waals surface area contributed by atoms with E-state index in [1.165, 1.54) is 19.2 Å². The van der Waals surface area contributed by atoms with Gasteiger partial charge in [0.05, 0.1) is 24.3 Å². The van der Waals surface area contributed by atoms with Crippen LogP contribution in [-0.2, 0) is 0 Å². The number of nitrogens with zero attached hydrogens (tertiary/aromatic N) is 1. The molecule has 0 saturated heterocycles. The van der Waals surface area contributed by atoms with Crippen LogP contribution in [0.15, 0.2) is 12.1 Å². The van der Waals surface area contributed by atoms with E-state index in [9.17, 15) is 5.11 Å². The van der Waals surface area contributed by atoms with Crippen molar-refractivity contribution in [2.24, 2.45) is 5.73 Å². The van der Waals surface area contributed by atoms with E-state index in [0.29, 0.717) is 24.1 Å². The highest BCUT2D eigenvalue weighted by Gasteiger charge is 2.08. The number of nitriles is 1. The summed E-state index contributed by atoms with van der Waals surface area (Å²) in [5.41, 5.74) is 6.07. The molecule has 4 heteroatoms. The first-order chi connectivity index (χ1) is 7.72. The number of ether oxygens (including phenoxy) is 1. The zero-order valence-corrected chi connectivity index (χ0v) is 8.95. The molecule has 0 aliphatic carbocycles. The molecule has 82 valence electrons. The minimum atomic E-state index is -0.0500. The Hall–Kier alpha value is -2.17. The number of phenolic OH excluding ortho intramolecular Hbond substituents is 1. The van der Waals surface area contributed by atoms with Gasteiger partial charge in [0.1, 0.15) is 0 Å². The molecule has 1 aromatic carbocycles. The van der Waals surface area contributed by atoms with E-state index in [1.54, 1.807) is 0 Å². The first-order valence-corrected chi connectivity index (χ1v) is 4.73. The van der Waals surface area contributed by atoms with Gasteiger partial charge < -0.3 is 15.6 Å². The maximum Gasteiger partial charge on any atom is 0.173 e. The zero-order chi connectivity index (χ0) is 12.0. The van der Waals surface area contributed by atoms with Crippen LogP contribution in [0, 0.1) is 23.2 Å². The van der Waals surface area contributed by atoms with E-state index in [-0.39, 0.29) is 11.5 Å². The molecule has 0 fully saturated rings. The number of aromatic hydroxyl groups is 1. The molecule has 0 heterocycles. The van der Waals surface area contributed by atoms with E-state index < -0.39 is 0 Å². The van der Waals surface area contributed by atoms with Crippen molar-refractivity contribution in [3.63, 3.8) is 0 Å². The summed E-state index contributed by atoms with van der Waals surface area (Å²) in [5.74, 6) is 5.74. The van der Waals surface area contributed by atoms with Crippen LogP contribution >= 0.6 is 0 Å². The Kier molecular flexibility index (Phi) is 4.20. The monoisotopic (exact) mass is 216 g/mol. The molecule has 3 N–H and O–H groups in total. The summed E-state index contributed by atoms with van der Waals surface area (Å²) < 4.78 is 4.94. The molecule has 0 aliphatic heterocycles. The van der Waals surface area contributed by atoms with Crippen LogP contribution < -0.4 is 10.5 Å². The Labute approximate surface area is 94.3 Å². The fraction of sp³-hybridized carbons (Fsp3) is 0.250. The van der Waals surface area contributed by atoms with E-state index in [0.717, 1.165) is 0 Å². The SMILES string of the molecule is COc1cc(C#N)cc(C#CCCN)c1O. The van der Waals surface area contributed by atoms with Crippen LogP contribution in [0.3, 0.4) is 0 Å². The molecule has 0 spiro atoms. The van der Waals surface area contributed by atoms with Crippen LogP contribution in [0.1, 0.15) is 17.5 Å². The summed E-state index contributed by atoms with van der Waals surface area (Å²) in [4.78, 5) is 0. The van der Waals surface area contributed by atoms with Gasteiger partial charge >= 0.3 is 0 Å². The fourth-order valence-corrected chi connectivity index (χ4v) is 1.15. The van der Waals surface area contributed by atoms with Gasteiger partial charge in [0.15, 0.2) is 11.5 Å². The Balaban J connectivity index is 3.19. The lowest BCUT2D eigenvalue weighted by Crippen LogP contribution is -1.95. The molecular formula is C12H12N2O2. The van der Waals surface area contributed by atoms with Gasteiger partial charge in [-0.3, -0.25) is 0 Å². The second kappa shape index (κ2) is 5.65. The second-order valence-corrected chi connectivity index (χ2v) is 3.03. The Morgan fingerprint density at radius 2 is 2.25 bits per heavy atom. The molecule has 0 radical (unpaired) electrons. The van der Waals surface area contributed by atoms with Gasteiger partial charge in [-0.25, -0.2) is 0 Å². The second-order valence-electron chi connectivity index (χ2n) is 3.03. The Morgan fingerprint density at radius 3 is 2.81 bits per heavy atom.